The Bertz CT molecular complexity index is 624. The zero-order chi connectivity index (χ0) is 15.1. The normalized spacial score (nSPS) is 12.4. The summed E-state index contributed by atoms with van der Waals surface area (Å²) >= 11 is 0. The van der Waals surface area contributed by atoms with Crippen LogP contribution in [0.15, 0.2) is 62.2 Å². The number of fused-ring (bicyclic) bond motifs is 1. The van der Waals surface area contributed by atoms with Gasteiger partial charge in [0.15, 0.2) is 0 Å². The molecule has 1 unspecified atom stereocenters. The van der Waals surface area contributed by atoms with Crippen LogP contribution in [-0.4, -0.2) is 4.98 Å². The van der Waals surface area contributed by atoms with E-state index >= 15 is 0 Å². The Labute approximate surface area is 121 Å². The van der Waals surface area contributed by atoms with E-state index in [9.17, 15) is 0 Å². The van der Waals surface area contributed by atoms with Crippen LogP contribution in [0.5, 0.6) is 0 Å². The molecule has 1 aromatic carbocycles. The summed E-state index contributed by atoms with van der Waals surface area (Å²) in [7, 11) is 0. The number of nitrogens with zero attached hydrogens (tertiary/aromatic N) is 1. The second-order valence-electron chi connectivity index (χ2n) is 4.36. The van der Waals surface area contributed by atoms with E-state index in [2.05, 4.69) is 31.9 Å². The lowest BCUT2D eigenvalue weighted by molar-refractivity contribution is 0.810. The van der Waals surface area contributed by atoms with Crippen molar-refractivity contribution in [2.24, 2.45) is 5.73 Å². The number of allylic oxidation sites excluding steroid dienone is 3. The van der Waals surface area contributed by atoms with E-state index in [1.807, 2.05) is 44.2 Å². The lowest BCUT2D eigenvalue weighted by Gasteiger charge is -2.14. The van der Waals surface area contributed by atoms with Crippen molar-refractivity contribution in [1.82, 2.24) is 4.98 Å². The lowest BCUT2D eigenvalue weighted by atomic mass is 9.99. The molecular formula is C18H22N2. The second kappa shape index (κ2) is 7.41. The highest BCUT2D eigenvalue weighted by Crippen LogP contribution is 2.26. The fourth-order valence-electron chi connectivity index (χ4n) is 2.06. The summed E-state index contributed by atoms with van der Waals surface area (Å²) in [5.74, 6) is 0. The molecule has 0 aliphatic heterocycles. The van der Waals surface area contributed by atoms with Crippen molar-refractivity contribution in [2.45, 2.75) is 19.9 Å². The van der Waals surface area contributed by atoms with Crippen molar-refractivity contribution < 1.29 is 0 Å². The number of nitrogens with two attached hydrogens (primary N) is 1. The van der Waals surface area contributed by atoms with E-state index in [0.29, 0.717) is 0 Å². The summed E-state index contributed by atoms with van der Waals surface area (Å²) in [5.41, 5.74) is 10.0. The van der Waals surface area contributed by atoms with Crippen LogP contribution in [0.1, 0.15) is 31.1 Å². The third-order valence-electron chi connectivity index (χ3n) is 3.05. The molecule has 0 saturated carbocycles. The molecule has 2 N–H and O–H groups in total. The van der Waals surface area contributed by atoms with E-state index in [1.54, 1.807) is 0 Å². The molecular weight excluding hydrogens is 244 g/mol. The topological polar surface area (TPSA) is 38.9 Å². The largest absolute Gasteiger partial charge is 0.324 e. The van der Waals surface area contributed by atoms with Crippen molar-refractivity contribution in [3.05, 3.63) is 73.5 Å². The first-order valence-corrected chi connectivity index (χ1v) is 6.61. The minimum absolute atomic E-state index is 0.0491. The van der Waals surface area contributed by atoms with Gasteiger partial charge in [0.05, 0.1) is 11.2 Å². The van der Waals surface area contributed by atoms with E-state index in [1.165, 1.54) is 0 Å². The summed E-state index contributed by atoms with van der Waals surface area (Å²) in [6, 6.07) is 10.1. The molecule has 0 bridgehead atoms. The van der Waals surface area contributed by atoms with Gasteiger partial charge in [0, 0.05) is 11.4 Å². The number of hydrogen-bond donors (Lipinski definition) is 1. The fourth-order valence-corrected chi connectivity index (χ4v) is 2.06. The third-order valence-corrected chi connectivity index (χ3v) is 3.05. The maximum Gasteiger partial charge on any atom is 0.0753 e. The molecule has 0 spiro atoms. The summed E-state index contributed by atoms with van der Waals surface area (Å²) in [4.78, 5) is 4.72. The molecule has 1 atom stereocenters. The summed E-state index contributed by atoms with van der Waals surface area (Å²) in [6.45, 7) is 13.8. The van der Waals surface area contributed by atoms with Gasteiger partial charge in [-0.25, -0.2) is 4.98 Å². The van der Waals surface area contributed by atoms with Gasteiger partial charge in [-0.15, -0.1) is 13.2 Å². The van der Waals surface area contributed by atoms with Gasteiger partial charge in [-0.05, 0) is 37.1 Å². The molecule has 2 heteroatoms. The van der Waals surface area contributed by atoms with Crippen LogP contribution in [0.2, 0.25) is 0 Å². The number of pyridine rings is 1. The van der Waals surface area contributed by atoms with Gasteiger partial charge in [0.25, 0.3) is 0 Å². The highest BCUT2D eigenvalue weighted by Gasteiger charge is 2.12. The van der Waals surface area contributed by atoms with E-state index in [4.69, 9.17) is 10.7 Å². The van der Waals surface area contributed by atoms with Crippen LogP contribution in [-0.2, 0) is 0 Å². The Morgan fingerprint density at radius 2 is 1.95 bits per heavy atom. The van der Waals surface area contributed by atoms with Crippen LogP contribution in [0, 0.1) is 0 Å². The first-order valence-electron chi connectivity index (χ1n) is 6.61. The predicted molar refractivity (Wildman–Crippen MR) is 89.4 cm³/mol. The average molecular weight is 266 g/mol. The number of para-hydroxylation sites is 1. The van der Waals surface area contributed by atoms with E-state index in [-0.39, 0.29) is 6.04 Å². The molecule has 0 saturated heterocycles. The van der Waals surface area contributed by atoms with Gasteiger partial charge in [-0.3, -0.25) is 0 Å². The Morgan fingerprint density at radius 1 is 1.30 bits per heavy atom. The average Bonchev–Trinajstić information content (AvgIpc) is 2.49. The Hall–Kier alpha value is -2.19. The SMILES string of the molecule is C=C.C=C/C(=C\C)c1nc2ccccc2cc1C(C)N. The minimum atomic E-state index is -0.0491. The standard InChI is InChI=1S/C16H18N2.C2H4/c1-4-12(5-2)16-14(11(3)17)10-13-8-6-7-9-15(13)18-16;1-2/h4-11H,1,17H2,2-3H3;1-2H2/b12-5+;. The molecule has 0 amide bonds. The molecule has 1 aromatic heterocycles. The van der Waals surface area contributed by atoms with Gasteiger partial charge in [-0.2, -0.15) is 0 Å². The molecule has 2 aromatic rings. The zero-order valence-corrected chi connectivity index (χ0v) is 12.3. The Morgan fingerprint density at radius 3 is 2.50 bits per heavy atom. The van der Waals surface area contributed by atoms with Crippen molar-refractivity contribution in [3.8, 4) is 0 Å². The summed E-state index contributed by atoms with van der Waals surface area (Å²) < 4.78 is 0. The van der Waals surface area contributed by atoms with E-state index < -0.39 is 0 Å². The van der Waals surface area contributed by atoms with Gasteiger partial charge >= 0.3 is 0 Å². The minimum Gasteiger partial charge on any atom is -0.324 e. The zero-order valence-electron chi connectivity index (χ0n) is 12.3. The number of aromatic nitrogens is 1. The molecule has 0 aliphatic carbocycles. The molecule has 0 aliphatic rings. The maximum absolute atomic E-state index is 6.05. The lowest BCUT2D eigenvalue weighted by Crippen LogP contribution is -2.09. The monoisotopic (exact) mass is 266 g/mol. The van der Waals surface area contributed by atoms with Crippen LogP contribution in [0.3, 0.4) is 0 Å². The number of benzene rings is 1. The smallest absolute Gasteiger partial charge is 0.0753 e. The molecule has 104 valence electrons. The third kappa shape index (κ3) is 3.22. The van der Waals surface area contributed by atoms with Crippen molar-refractivity contribution in [1.29, 1.82) is 0 Å². The van der Waals surface area contributed by atoms with Crippen LogP contribution >= 0.6 is 0 Å². The van der Waals surface area contributed by atoms with Crippen molar-refractivity contribution in [3.63, 3.8) is 0 Å². The van der Waals surface area contributed by atoms with Crippen LogP contribution in [0.4, 0.5) is 0 Å². The van der Waals surface area contributed by atoms with Gasteiger partial charge in [-0.1, -0.05) is 36.9 Å². The highest BCUT2D eigenvalue weighted by molar-refractivity contribution is 5.84. The summed E-state index contributed by atoms with van der Waals surface area (Å²) in [5, 5.41) is 1.12. The van der Waals surface area contributed by atoms with Gasteiger partial charge in [0.2, 0.25) is 0 Å². The molecule has 0 fully saturated rings. The summed E-state index contributed by atoms with van der Waals surface area (Å²) in [6.07, 6.45) is 3.83. The van der Waals surface area contributed by atoms with Gasteiger partial charge in [0.1, 0.15) is 0 Å². The predicted octanol–water partition coefficient (Wildman–Crippen LogP) is 4.65. The van der Waals surface area contributed by atoms with Crippen LogP contribution < -0.4 is 5.73 Å². The van der Waals surface area contributed by atoms with Crippen molar-refractivity contribution in [2.75, 3.05) is 0 Å². The van der Waals surface area contributed by atoms with Crippen LogP contribution in [0.25, 0.3) is 16.5 Å². The fraction of sp³-hybridized carbons (Fsp3) is 0.167. The molecule has 0 radical (unpaired) electrons. The first-order chi connectivity index (χ1) is 9.67. The molecule has 2 nitrogen and oxygen atoms in total. The maximum atomic E-state index is 6.05. The van der Waals surface area contributed by atoms with Crippen molar-refractivity contribution >= 4 is 16.5 Å². The Kier molecular flexibility index (Phi) is 5.88. The highest BCUT2D eigenvalue weighted by atomic mass is 14.7. The molecule has 1 heterocycles. The second-order valence-corrected chi connectivity index (χ2v) is 4.36. The number of rotatable bonds is 3. The molecule has 20 heavy (non-hydrogen) atoms. The van der Waals surface area contributed by atoms with Gasteiger partial charge < -0.3 is 5.73 Å². The first kappa shape index (κ1) is 15.9. The quantitative estimate of drug-likeness (QED) is 0.649. The Balaban J connectivity index is 0.000000956. The number of hydrogen-bond acceptors (Lipinski definition) is 2. The van der Waals surface area contributed by atoms with E-state index in [0.717, 1.165) is 27.7 Å². The molecule has 2 rings (SSSR count).